The SMILES string of the molecule is C#C.CC.CCCC.CCn1cc(-c2ccccc2F)c(C(F)(F)F)n1. The Kier molecular flexibility index (Phi) is 13.9. The van der Waals surface area contributed by atoms with Crippen LogP contribution in [0.2, 0.25) is 0 Å². The normalized spacial score (nSPS) is 9.65. The van der Waals surface area contributed by atoms with Crippen molar-refractivity contribution in [2.24, 2.45) is 0 Å². The maximum absolute atomic E-state index is 13.6. The smallest absolute Gasteiger partial charge is 0.272 e. The third kappa shape index (κ3) is 8.19. The first-order chi connectivity index (χ1) is 12.3. The number of nitrogens with zero attached hydrogens (tertiary/aromatic N) is 2. The van der Waals surface area contributed by atoms with Crippen LogP contribution in [0.15, 0.2) is 30.5 Å². The highest BCUT2D eigenvalue weighted by Gasteiger charge is 2.37. The molecular weight excluding hydrogens is 344 g/mol. The maximum atomic E-state index is 13.6. The van der Waals surface area contributed by atoms with Gasteiger partial charge in [-0.15, -0.1) is 12.8 Å². The van der Waals surface area contributed by atoms with Crippen LogP contribution in [0.4, 0.5) is 17.6 Å². The number of hydrogen-bond acceptors (Lipinski definition) is 1. The van der Waals surface area contributed by atoms with Gasteiger partial charge >= 0.3 is 6.18 Å². The minimum atomic E-state index is -4.60. The summed E-state index contributed by atoms with van der Waals surface area (Å²) in [7, 11) is 0. The molecule has 6 heteroatoms. The van der Waals surface area contributed by atoms with E-state index in [-0.39, 0.29) is 17.7 Å². The molecule has 0 unspecified atom stereocenters. The number of benzene rings is 1. The van der Waals surface area contributed by atoms with E-state index < -0.39 is 17.7 Å². The van der Waals surface area contributed by atoms with Crippen molar-refractivity contribution in [3.8, 4) is 24.0 Å². The molecule has 0 spiro atoms. The van der Waals surface area contributed by atoms with Gasteiger partial charge in [0.1, 0.15) is 5.82 Å². The van der Waals surface area contributed by atoms with Crippen molar-refractivity contribution in [1.29, 1.82) is 0 Å². The number of aromatic nitrogens is 2. The molecule has 1 heterocycles. The highest BCUT2D eigenvalue weighted by Crippen LogP contribution is 2.36. The Bertz CT molecular complexity index is 626. The molecule has 0 radical (unpaired) electrons. The lowest BCUT2D eigenvalue weighted by atomic mass is 10.1. The fraction of sp³-hybridized carbons (Fsp3) is 0.450. The molecule has 2 nitrogen and oxygen atoms in total. The molecule has 26 heavy (non-hydrogen) atoms. The maximum Gasteiger partial charge on any atom is 0.435 e. The van der Waals surface area contributed by atoms with Crippen LogP contribution in [0, 0.1) is 18.7 Å². The predicted octanol–water partition coefficient (Wildman–Crippen LogP) is 6.81. The van der Waals surface area contributed by atoms with E-state index in [4.69, 9.17) is 0 Å². The summed E-state index contributed by atoms with van der Waals surface area (Å²) < 4.78 is 53.1. The first-order valence-corrected chi connectivity index (χ1v) is 8.57. The summed E-state index contributed by atoms with van der Waals surface area (Å²) in [5.74, 6) is -0.696. The van der Waals surface area contributed by atoms with E-state index in [1.54, 1.807) is 6.92 Å². The second kappa shape index (κ2) is 13.9. The molecular formula is C20H28F4N2. The summed E-state index contributed by atoms with van der Waals surface area (Å²) in [6.45, 7) is 10.3. The first-order valence-electron chi connectivity index (χ1n) is 8.57. The van der Waals surface area contributed by atoms with Crippen molar-refractivity contribution < 1.29 is 17.6 Å². The number of hydrogen-bond donors (Lipinski definition) is 0. The number of alkyl halides is 3. The van der Waals surface area contributed by atoms with E-state index in [0.29, 0.717) is 0 Å². The van der Waals surface area contributed by atoms with E-state index in [9.17, 15) is 17.6 Å². The molecule has 0 aliphatic carbocycles. The standard InChI is InChI=1S/C12H10F4N2.C4H10.C2H6.C2H2/c1-2-18-7-9(11(17-18)12(14,15)16)8-5-3-4-6-10(8)13;1-3-4-2;2*1-2/h3-7H,2H2,1H3;3-4H2,1-2H3;1-2H3;1-2H. The lowest BCUT2D eigenvalue weighted by Crippen LogP contribution is -2.09. The molecule has 0 N–H and O–H groups in total. The molecule has 2 rings (SSSR count). The largest absolute Gasteiger partial charge is 0.435 e. The second-order valence-electron chi connectivity index (χ2n) is 4.72. The third-order valence-electron chi connectivity index (χ3n) is 3.02. The van der Waals surface area contributed by atoms with Crippen LogP contribution < -0.4 is 0 Å². The van der Waals surface area contributed by atoms with Gasteiger partial charge in [0.2, 0.25) is 0 Å². The zero-order chi connectivity index (χ0) is 20.8. The van der Waals surface area contributed by atoms with E-state index in [1.807, 2.05) is 13.8 Å². The molecule has 2 aromatic rings. The summed E-state index contributed by atoms with van der Waals surface area (Å²) >= 11 is 0. The zero-order valence-corrected chi connectivity index (χ0v) is 16.1. The van der Waals surface area contributed by atoms with Crippen LogP contribution in [0.5, 0.6) is 0 Å². The monoisotopic (exact) mass is 372 g/mol. The highest BCUT2D eigenvalue weighted by atomic mass is 19.4. The van der Waals surface area contributed by atoms with Crippen LogP contribution >= 0.6 is 0 Å². The molecule has 0 amide bonds. The third-order valence-corrected chi connectivity index (χ3v) is 3.02. The van der Waals surface area contributed by atoms with E-state index >= 15 is 0 Å². The quantitative estimate of drug-likeness (QED) is 0.427. The van der Waals surface area contributed by atoms with Crippen molar-refractivity contribution in [3.63, 3.8) is 0 Å². The summed E-state index contributed by atoms with van der Waals surface area (Å²) in [5, 5.41) is 3.44. The van der Waals surface area contributed by atoms with E-state index in [0.717, 1.165) is 10.7 Å². The van der Waals surface area contributed by atoms with Gasteiger partial charge < -0.3 is 0 Å². The van der Waals surface area contributed by atoms with Gasteiger partial charge in [-0.25, -0.2) is 4.39 Å². The molecule has 0 fully saturated rings. The van der Waals surface area contributed by atoms with Crippen LogP contribution in [0.3, 0.4) is 0 Å². The van der Waals surface area contributed by atoms with Crippen molar-refractivity contribution in [1.82, 2.24) is 9.78 Å². The lowest BCUT2D eigenvalue weighted by molar-refractivity contribution is -0.141. The number of rotatable bonds is 3. The molecule has 0 saturated carbocycles. The van der Waals surface area contributed by atoms with Crippen LogP contribution in [-0.4, -0.2) is 9.78 Å². The fourth-order valence-corrected chi connectivity index (χ4v) is 1.67. The van der Waals surface area contributed by atoms with Gasteiger partial charge in [-0.3, -0.25) is 4.68 Å². The first kappa shape index (κ1) is 25.9. The Balaban J connectivity index is 0. The van der Waals surface area contributed by atoms with Crippen molar-refractivity contribution in [3.05, 3.63) is 42.0 Å². The molecule has 1 aromatic carbocycles. The number of unbranched alkanes of at least 4 members (excludes halogenated alkanes) is 1. The summed E-state index contributed by atoms with van der Waals surface area (Å²) in [4.78, 5) is 0. The van der Waals surface area contributed by atoms with Crippen molar-refractivity contribution in [2.75, 3.05) is 0 Å². The molecule has 1 aromatic heterocycles. The summed E-state index contributed by atoms with van der Waals surface area (Å²) in [6.07, 6.45) is 7.25. The number of terminal acetylenes is 1. The molecule has 0 aliphatic rings. The molecule has 146 valence electrons. The summed E-state index contributed by atoms with van der Waals surface area (Å²) in [5.41, 5.74) is -1.39. The van der Waals surface area contributed by atoms with Gasteiger partial charge in [0.05, 0.1) is 0 Å². The molecule has 0 aliphatic heterocycles. The number of halogens is 4. The Hall–Kier alpha value is -2.29. The van der Waals surface area contributed by atoms with Crippen LogP contribution in [0.25, 0.3) is 11.1 Å². The van der Waals surface area contributed by atoms with Crippen LogP contribution in [-0.2, 0) is 12.7 Å². The summed E-state index contributed by atoms with van der Waals surface area (Å²) in [6, 6.07) is 5.35. The number of aryl methyl sites for hydroxylation is 1. The fourth-order valence-electron chi connectivity index (χ4n) is 1.67. The lowest BCUT2D eigenvalue weighted by Gasteiger charge is -2.06. The molecule has 0 bridgehead atoms. The van der Waals surface area contributed by atoms with Gasteiger partial charge in [0.15, 0.2) is 5.69 Å². The van der Waals surface area contributed by atoms with Gasteiger partial charge in [-0.05, 0) is 13.0 Å². The van der Waals surface area contributed by atoms with Gasteiger partial charge in [0.25, 0.3) is 0 Å². The van der Waals surface area contributed by atoms with E-state index in [1.165, 1.54) is 37.2 Å². The Morgan fingerprint density at radius 3 is 1.85 bits per heavy atom. The Morgan fingerprint density at radius 1 is 0.962 bits per heavy atom. The van der Waals surface area contributed by atoms with Crippen LogP contribution in [0.1, 0.15) is 53.2 Å². The Labute approximate surface area is 154 Å². The van der Waals surface area contributed by atoms with Gasteiger partial charge in [-0.1, -0.05) is 58.7 Å². The minimum Gasteiger partial charge on any atom is -0.272 e. The van der Waals surface area contributed by atoms with Gasteiger partial charge in [0, 0.05) is 23.9 Å². The molecule has 0 saturated heterocycles. The second-order valence-corrected chi connectivity index (χ2v) is 4.72. The minimum absolute atomic E-state index is 0.0930. The Morgan fingerprint density at radius 2 is 1.46 bits per heavy atom. The van der Waals surface area contributed by atoms with Crippen molar-refractivity contribution in [2.45, 2.75) is 60.2 Å². The molecule has 0 atom stereocenters. The average molecular weight is 372 g/mol. The van der Waals surface area contributed by atoms with Gasteiger partial charge in [-0.2, -0.15) is 18.3 Å². The van der Waals surface area contributed by atoms with Crippen molar-refractivity contribution >= 4 is 0 Å². The topological polar surface area (TPSA) is 17.8 Å². The highest BCUT2D eigenvalue weighted by molar-refractivity contribution is 5.66. The predicted molar refractivity (Wildman–Crippen MR) is 100 cm³/mol. The zero-order valence-electron chi connectivity index (χ0n) is 16.1. The average Bonchev–Trinajstić information content (AvgIpc) is 3.10. The van der Waals surface area contributed by atoms with E-state index in [2.05, 4.69) is 31.8 Å².